The van der Waals surface area contributed by atoms with Crippen LogP contribution < -0.4 is 0 Å². The van der Waals surface area contributed by atoms with Crippen molar-refractivity contribution in [2.24, 2.45) is 34.0 Å². The van der Waals surface area contributed by atoms with Crippen LogP contribution in [0.3, 0.4) is 0 Å². The molecule has 0 aromatic carbocycles. The first-order chi connectivity index (χ1) is 9.79. The van der Waals surface area contributed by atoms with Crippen molar-refractivity contribution in [1.29, 1.82) is 0 Å². The van der Waals surface area contributed by atoms with E-state index in [0.717, 1.165) is 18.3 Å². The van der Waals surface area contributed by atoms with Crippen LogP contribution in [0.1, 0.15) is 72.1 Å². The first-order valence-electron chi connectivity index (χ1n) is 9.14. The lowest BCUT2D eigenvalue weighted by molar-refractivity contribution is -0.197. The molecule has 1 N–H and O–H groups in total. The Balaban J connectivity index is 1.79. The van der Waals surface area contributed by atoms with Gasteiger partial charge in [0.25, 0.3) is 0 Å². The first kappa shape index (κ1) is 14.3. The van der Waals surface area contributed by atoms with E-state index in [1.165, 1.54) is 50.5 Å². The Hall–Kier alpha value is -0.300. The lowest BCUT2D eigenvalue weighted by atomic mass is 9.40. The molecule has 1 nitrogen and oxygen atoms in total. The van der Waals surface area contributed by atoms with Gasteiger partial charge in [0.05, 0.1) is 6.10 Å². The highest BCUT2D eigenvalue weighted by atomic mass is 16.3. The van der Waals surface area contributed by atoms with Gasteiger partial charge in [0, 0.05) is 0 Å². The summed E-state index contributed by atoms with van der Waals surface area (Å²) in [6.07, 6.45) is 10.2. The fourth-order valence-electron chi connectivity index (χ4n) is 7.89. The van der Waals surface area contributed by atoms with Crippen LogP contribution >= 0.6 is 0 Å². The van der Waals surface area contributed by atoms with E-state index in [1.807, 2.05) is 0 Å². The average molecular weight is 288 g/mol. The van der Waals surface area contributed by atoms with E-state index in [9.17, 15) is 5.11 Å². The third-order valence-electron chi connectivity index (χ3n) is 8.24. The number of hydrogen-bond acceptors (Lipinski definition) is 1. The summed E-state index contributed by atoms with van der Waals surface area (Å²) in [6.45, 7) is 11.7. The number of hydrogen-bond donors (Lipinski definition) is 1. The monoisotopic (exact) mass is 288 g/mol. The molecule has 0 aliphatic heterocycles. The van der Waals surface area contributed by atoms with Crippen molar-refractivity contribution in [3.63, 3.8) is 0 Å². The van der Waals surface area contributed by atoms with E-state index in [-0.39, 0.29) is 6.10 Å². The van der Waals surface area contributed by atoms with Gasteiger partial charge in [-0.05, 0) is 78.9 Å². The van der Waals surface area contributed by atoms with Crippen molar-refractivity contribution in [3.05, 3.63) is 12.2 Å². The van der Waals surface area contributed by atoms with E-state index >= 15 is 0 Å². The SMILES string of the molecule is C=C1C[C@]23C[C@@H]1CC[C@@H]2[C@@]1(C)CCCC(C)(C)[C@H]1[C@H](O)C3. The Labute approximate surface area is 130 Å². The zero-order valence-electron chi connectivity index (χ0n) is 14.1. The van der Waals surface area contributed by atoms with Gasteiger partial charge in [-0.2, -0.15) is 0 Å². The predicted molar refractivity (Wildman–Crippen MR) is 86.9 cm³/mol. The van der Waals surface area contributed by atoms with Gasteiger partial charge in [0.2, 0.25) is 0 Å². The molecule has 2 bridgehead atoms. The molecule has 4 aliphatic carbocycles. The van der Waals surface area contributed by atoms with E-state index < -0.39 is 0 Å². The summed E-state index contributed by atoms with van der Waals surface area (Å²) >= 11 is 0. The molecule has 21 heavy (non-hydrogen) atoms. The minimum absolute atomic E-state index is 0.0915. The van der Waals surface area contributed by atoms with Gasteiger partial charge in [-0.1, -0.05) is 39.3 Å². The van der Waals surface area contributed by atoms with E-state index in [2.05, 4.69) is 27.4 Å². The van der Waals surface area contributed by atoms with Gasteiger partial charge < -0.3 is 5.11 Å². The highest BCUT2D eigenvalue weighted by Gasteiger charge is 2.65. The maximum Gasteiger partial charge on any atom is 0.0584 e. The minimum Gasteiger partial charge on any atom is -0.393 e. The molecule has 1 spiro atoms. The normalized spacial score (nSPS) is 55.0. The van der Waals surface area contributed by atoms with Crippen LogP contribution in [0, 0.1) is 34.0 Å². The molecule has 1 heteroatoms. The van der Waals surface area contributed by atoms with Crippen molar-refractivity contribution in [2.45, 2.75) is 78.2 Å². The number of fused-ring (bicyclic) bond motifs is 3. The molecule has 4 saturated carbocycles. The van der Waals surface area contributed by atoms with Gasteiger partial charge >= 0.3 is 0 Å². The standard InChI is InChI=1S/C20H32O/c1-13-10-20-11-14(13)6-7-16(20)19(4)9-5-8-18(2,3)17(19)15(21)12-20/h14-17,21H,1,5-12H2,2-4H3/t14-,15+,16+,17+,19+,20+/m0/s1. The van der Waals surface area contributed by atoms with Crippen LogP contribution in [0.4, 0.5) is 0 Å². The molecule has 6 atom stereocenters. The van der Waals surface area contributed by atoms with Crippen LogP contribution in [0.2, 0.25) is 0 Å². The third-order valence-corrected chi connectivity index (χ3v) is 8.24. The molecule has 0 aromatic rings. The number of aliphatic hydroxyl groups is 1. The summed E-state index contributed by atoms with van der Waals surface area (Å²) in [5.41, 5.74) is 2.56. The molecule has 0 unspecified atom stereocenters. The maximum absolute atomic E-state index is 11.1. The molecule has 4 rings (SSSR count). The summed E-state index contributed by atoms with van der Waals surface area (Å²) in [4.78, 5) is 0. The topological polar surface area (TPSA) is 20.2 Å². The molecule has 0 aromatic heterocycles. The maximum atomic E-state index is 11.1. The lowest BCUT2D eigenvalue weighted by Crippen LogP contribution is -2.61. The Morgan fingerprint density at radius 3 is 2.62 bits per heavy atom. The van der Waals surface area contributed by atoms with Gasteiger partial charge in [0.1, 0.15) is 0 Å². The van der Waals surface area contributed by atoms with Crippen molar-refractivity contribution < 1.29 is 5.11 Å². The fraction of sp³-hybridized carbons (Fsp3) is 0.900. The Morgan fingerprint density at radius 1 is 1.10 bits per heavy atom. The van der Waals surface area contributed by atoms with Crippen LogP contribution in [0.15, 0.2) is 12.2 Å². The highest BCUT2D eigenvalue weighted by molar-refractivity contribution is 5.23. The first-order valence-corrected chi connectivity index (χ1v) is 9.14. The van der Waals surface area contributed by atoms with Crippen molar-refractivity contribution in [3.8, 4) is 0 Å². The van der Waals surface area contributed by atoms with Crippen molar-refractivity contribution in [2.75, 3.05) is 0 Å². The molecule has 0 saturated heterocycles. The number of allylic oxidation sites excluding steroid dienone is 1. The zero-order chi connectivity index (χ0) is 15.0. The molecule has 0 radical (unpaired) electrons. The van der Waals surface area contributed by atoms with Gasteiger partial charge in [-0.25, -0.2) is 0 Å². The largest absolute Gasteiger partial charge is 0.393 e. The van der Waals surface area contributed by atoms with Gasteiger partial charge in [0.15, 0.2) is 0 Å². The van der Waals surface area contributed by atoms with Crippen molar-refractivity contribution in [1.82, 2.24) is 0 Å². The van der Waals surface area contributed by atoms with Gasteiger partial charge in [-0.15, -0.1) is 0 Å². The molecular weight excluding hydrogens is 256 g/mol. The Bertz CT molecular complexity index is 478. The quantitative estimate of drug-likeness (QED) is 0.626. The summed E-state index contributed by atoms with van der Waals surface area (Å²) in [5, 5.41) is 11.1. The zero-order valence-corrected chi connectivity index (χ0v) is 14.1. The molecular formula is C20H32O. The second-order valence-corrected chi connectivity index (χ2v) is 9.83. The summed E-state index contributed by atoms with van der Waals surface area (Å²) in [5.74, 6) is 2.10. The lowest BCUT2D eigenvalue weighted by Gasteiger charge is -2.65. The van der Waals surface area contributed by atoms with Crippen LogP contribution in [-0.4, -0.2) is 11.2 Å². The third kappa shape index (κ3) is 1.73. The second kappa shape index (κ2) is 4.16. The number of aliphatic hydroxyl groups excluding tert-OH is 1. The summed E-state index contributed by atoms with van der Waals surface area (Å²) in [7, 11) is 0. The molecule has 4 aliphatic rings. The van der Waals surface area contributed by atoms with E-state index in [1.54, 1.807) is 0 Å². The highest BCUT2D eigenvalue weighted by Crippen LogP contribution is 2.71. The number of rotatable bonds is 0. The van der Waals surface area contributed by atoms with Crippen LogP contribution in [0.25, 0.3) is 0 Å². The molecule has 0 amide bonds. The smallest absolute Gasteiger partial charge is 0.0584 e. The Kier molecular flexibility index (Phi) is 2.83. The van der Waals surface area contributed by atoms with Crippen molar-refractivity contribution >= 4 is 0 Å². The van der Waals surface area contributed by atoms with Gasteiger partial charge in [-0.3, -0.25) is 0 Å². The van der Waals surface area contributed by atoms with Crippen LogP contribution in [-0.2, 0) is 0 Å². The van der Waals surface area contributed by atoms with E-state index in [0.29, 0.717) is 22.2 Å². The summed E-state index contributed by atoms with van der Waals surface area (Å²) in [6, 6.07) is 0. The molecule has 0 heterocycles. The predicted octanol–water partition coefficient (Wildman–Crippen LogP) is 4.95. The molecule has 118 valence electrons. The molecule has 4 fully saturated rings. The summed E-state index contributed by atoms with van der Waals surface area (Å²) < 4.78 is 0. The Morgan fingerprint density at radius 2 is 1.86 bits per heavy atom. The minimum atomic E-state index is -0.0915. The fourth-order valence-corrected chi connectivity index (χ4v) is 7.89. The van der Waals surface area contributed by atoms with E-state index in [4.69, 9.17) is 0 Å². The van der Waals surface area contributed by atoms with Crippen LogP contribution in [0.5, 0.6) is 0 Å². The second-order valence-electron chi connectivity index (χ2n) is 9.83. The average Bonchev–Trinajstić information content (AvgIpc) is 2.57.